The summed E-state index contributed by atoms with van der Waals surface area (Å²) in [5.74, 6) is 9.66. The lowest BCUT2D eigenvalue weighted by Gasteiger charge is -2.08. The Kier molecular flexibility index (Phi) is 14.2. The van der Waals surface area contributed by atoms with Gasteiger partial charge in [0.25, 0.3) is 0 Å². The Morgan fingerprint density at radius 2 is 1.05 bits per heavy atom. The first-order valence-corrected chi connectivity index (χ1v) is 19.2. The number of halogens is 4. The molecule has 0 spiro atoms. The molecule has 0 aliphatic carbocycles. The zero-order valence-electron chi connectivity index (χ0n) is 33.6. The van der Waals surface area contributed by atoms with Gasteiger partial charge < -0.3 is 19.7 Å². The summed E-state index contributed by atoms with van der Waals surface area (Å²) >= 11 is 0. The molecular weight excluding hydrogens is 817 g/mol. The largest absolute Gasteiger partial charge is 0.486 e. The van der Waals surface area contributed by atoms with Crippen LogP contribution in [0.1, 0.15) is 74.0 Å². The molecule has 8 aromatic rings. The fourth-order valence-corrected chi connectivity index (χ4v) is 5.95. The predicted molar refractivity (Wildman–Crippen MR) is 227 cm³/mol. The Balaban J connectivity index is 0.000000203. The van der Waals surface area contributed by atoms with E-state index >= 15 is 0 Å². The van der Waals surface area contributed by atoms with Gasteiger partial charge in [-0.05, 0) is 103 Å². The highest BCUT2D eigenvalue weighted by molar-refractivity contribution is 5.91. The van der Waals surface area contributed by atoms with E-state index in [4.69, 9.17) is 9.47 Å². The molecule has 0 saturated carbocycles. The second kappa shape index (κ2) is 20.3. The zero-order chi connectivity index (χ0) is 44.9. The number of hydrogen-bond acceptors (Lipinski definition) is 6. The van der Waals surface area contributed by atoms with Crippen LogP contribution in [0.25, 0.3) is 11.3 Å². The van der Waals surface area contributed by atoms with Crippen LogP contribution < -0.4 is 9.47 Å². The lowest BCUT2D eigenvalue weighted by Crippen LogP contribution is -2.05. The number of benzene rings is 4. The third-order valence-corrected chi connectivity index (χ3v) is 8.85. The quantitative estimate of drug-likeness (QED) is 0.114. The van der Waals surface area contributed by atoms with E-state index in [1.165, 1.54) is 42.5 Å². The minimum absolute atomic E-state index is 0.00728. The number of alkyl halides is 3. The number of carbonyl (C=O) groups is 2. The number of rotatable bonds is 8. The number of fused-ring (bicyclic) bond motifs is 2. The molecule has 4 aromatic carbocycles. The monoisotopic (exact) mass is 852 g/mol. The van der Waals surface area contributed by atoms with Crippen molar-refractivity contribution in [3.8, 4) is 35.2 Å². The molecule has 4 aromatic heterocycles. The van der Waals surface area contributed by atoms with Gasteiger partial charge in [-0.25, -0.2) is 23.9 Å². The highest BCUT2D eigenvalue weighted by Crippen LogP contribution is 2.29. The summed E-state index contributed by atoms with van der Waals surface area (Å²) in [5.41, 5.74) is 3.51. The number of pyridine rings is 2. The molecule has 0 atom stereocenters. The molecule has 0 aliphatic rings. The molecule has 4 heterocycles. The highest BCUT2D eigenvalue weighted by atomic mass is 19.4. The molecule has 10 nitrogen and oxygen atoms in total. The molecule has 0 unspecified atom stereocenters. The van der Waals surface area contributed by atoms with Crippen LogP contribution in [0.5, 0.6) is 11.5 Å². The summed E-state index contributed by atoms with van der Waals surface area (Å²) in [6.07, 6.45) is -0.892. The standard InChI is InChI=1S/C24H15F3N2O3.C23H15FN2O3.C2H6/c25-24(26,27)17-7-5-6-16(14-17)11-12-20-19(28-22-10-3-4-13-29(20)22)15-32-21-9-2-1-8-18(21)23(30)31;24-17-11-8-16(9-12-17)10-13-20-19(25-22-7-3-4-14-26(20)22)15-29-21-6-2-1-5-18(21)23(27)28;1-2/h1-10,13-14H,15H2,(H,30,31);1-9,11-12,14H,15H2,(H,27,28);1-2H3. The fraction of sp³-hybridized carbons (Fsp3) is 0.102. The number of carboxylic acids is 2. The number of aromatic carboxylic acids is 2. The van der Waals surface area contributed by atoms with E-state index in [9.17, 15) is 37.4 Å². The normalized spacial score (nSPS) is 10.5. The summed E-state index contributed by atoms with van der Waals surface area (Å²) in [4.78, 5) is 31.8. The summed E-state index contributed by atoms with van der Waals surface area (Å²) in [6.45, 7) is 3.98. The number of hydrogen-bond donors (Lipinski definition) is 2. The van der Waals surface area contributed by atoms with Gasteiger partial charge in [0, 0.05) is 23.5 Å². The number of carboxylic acid groups (broad SMARTS) is 2. The zero-order valence-corrected chi connectivity index (χ0v) is 33.6. The Morgan fingerprint density at radius 3 is 1.52 bits per heavy atom. The Morgan fingerprint density at radius 1 is 0.587 bits per heavy atom. The Labute approximate surface area is 358 Å². The Hall–Kier alpha value is -8.36. The molecular formula is C49H36F4N4O6. The molecule has 0 fully saturated rings. The lowest BCUT2D eigenvalue weighted by molar-refractivity contribution is -0.137. The molecule has 0 radical (unpaired) electrons. The maximum atomic E-state index is 13.1. The topological polar surface area (TPSA) is 128 Å². The summed E-state index contributed by atoms with van der Waals surface area (Å²) in [5, 5.41) is 18.6. The molecule has 316 valence electrons. The van der Waals surface area contributed by atoms with E-state index in [0.717, 1.165) is 12.1 Å². The average Bonchev–Trinajstić information content (AvgIpc) is 3.84. The van der Waals surface area contributed by atoms with Crippen LogP contribution >= 0.6 is 0 Å². The minimum Gasteiger partial charge on any atom is -0.486 e. The van der Waals surface area contributed by atoms with Gasteiger partial charge in [0.1, 0.15) is 75.7 Å². The first-order chi connectivity index (χ1) is 30.4. The molecule has 0 bridgehead atoms. The second-order valence-electron chi connectivity index (χ2n) is 12.9. The van der Waals surface area contributed by atoms with E-state index in [1.54, 1.807) is 71.3 Å². The van der Waals surface area contributed by atoms with Crippen LogP contribution in [-0.4, -0.2) is 40.9 Å². The van der Waals surface area contributed by atoms with Crippen LogP contribution in [0, 0.1) is 29.5 Å². The summed E-state index contributed by atoms with van der Waals surface area (Å²) in [6, 6.07) is 34.2. The van der Waals surface area contributed by atoms with Gasteiger partial charge in [0.2, 0.25) is 0 Å². The van der Waals surface area contributed by atoms with Crippen molar-refractivity contribution in [3.63, 3.8) is 0 Å². The highest BCUT2D eigenvalue weighted by Gasteiger charge is 2.30. The second-order valence-corrected chi connectivity index (χ2v) is 12.9. The van der Waals surface area contributed by atoms with Gasteiger partial charge in [-0.1, -0.05) is 68.2 Å². The van der Waals surface area contributed by atoms with Crippen LogP contribution in [0.3, 0.4) is 0 Å². The molecule has 8 rings (SSSR count). The summed E-state index contributed by atoms with van der Waals surface area (Å²) < 4.78 is 67.0. The first-order valence-electron chi connectivity index (χ1n) is 19.2. The van der Waals surface area contributed by atoms with Crippen molar-refractivity contribution >= 4 is 23.2 Å². The molecule has 63 heavy (non-hydrogen) atoms. The van der Waals surface area contributed by atoms with Gasteiger partial charge >= 0.3 is 18.1 Å². The molecule has 0 aliphatic heterocycles. The van der Waals surface area contributed by atoms with Crippen molar-refractivity contribution in [2.45, 2.75) is 33.2 Å². The van der Waals surface area contributed by atoms with E-state index in [0.29, 0.717) is 39.6 Å². The molecule has 0 saturated heterocycles. The smallest absolute Gasteiger partial charge is 0.416 e. The summed E-state index contributed by atoms with van der Waals surface area (Å²) in [7, 11) is 0. The van der Waals surface area contributed by atoms with Crippen molar-refractivity contribution in [2.75, 3.05) is 0 Å². The van der Waals surface area contributed by atoms with Crippen molar-refractivity contribution in [1.29, 1.82) is 0 Å². The van der Waals surface area contributed by atoms with Crippen molar-refractivity contribution in [3.05, 3.63) is 202 Å². The van der Waals surface area contributed by atoms with Crippen molar-refractivity contribution < 1.29 is 46.8 Å². The van der Waals surface area contributed by atoms with E-state index in [1.807, 2.05) is 42.6 Å². The number of ether oxygens (including phenoxy) is 2. The Bertz CT molecular complexity index is 3030. The SMILES string of the molecule is CC.O=C(O)c1ccccc1OCc1nc2ccccn2c1C#Cc1ccc(F)cc1.O=C(O)c1ccccc1OCc1nc2ccccn2c1C#Cc1cccc(C(F)(F)F)c1. The number of imidazole rings is 2. The van der Waals surface area contributed by atoms with Crippen LogP contribution in [0.2, 0.25) is 0 Å². The van der Waals surface area contributed by atoms with Crippen LogP contribution in [0.4, 0.5) is 17.6 Å². The van der Waals surface area contributed by atoms with Gasteiger partial charge in [-0.3, -0.25) is 8.80 Å². The van der Waals surface area contributed by atoms with Gasteiger partial charge in [-0.15, -0.1) is 0 Å². The van der Waals surface area contributed by atoms with Gasteiger partial charge in [0.05, 0.1) is 5.56 Å². The third kappa shape index (κ3) is 11.1. The fourth-order valence-electron chi connectivity index (χ4n) is 5.95. The number of para-hydroxylation sites is 2. The molecule has 2 N–H and O–H groups in total. The number of nitrogens with zero attached hydrogens (tertiary/aromatic N) is 4. The third-order valence-electron chi connectivity index (χ3n) is 8.85. The maximum absolute atomic E-state index is 13.1. The predicted octanol–water partition coefficient (Wildman–Crippen LogP) is 10.2. The van der Waals surface area contributed by atoms with Gasteiger partial charge in [0.15, 0.2) is 0 Å². The lowest BCUT2D eigenvalue weighted by atomic mass is 10.1. The average molecular weight is 853 g/mol. The molecule has 0 amide bonds. The number of aromatic nitrogens is 4. The first kappa shape index (κ1) is 44.2. The van der Waals surface area contributed by atoms with Gasteiger partial charge in [-0.2, -0.15) is 13.2 Å². The van der Waals surface area contributed by atoms with E-state index < -0.39 is 23.7 Å². The van der Waals surface area contributed by atoms with Crippen molar-refractivity contribution in [1.82, 2.24) is 18.8 Å². The van der Waals surface area contributed by atoms with Crippen LogP contribution in [0.15, 0.2) is 146 Å². The molecule has 14 heteroatoms. The van der Waals surface area contributed by atoms with Crippen molar-refractivity contribution in [2.24, 2.45) is 0 Å². The minimum atomic E-state index is -4.46. The maximum Gasteiger partial charge on any atom is 0.416 e. The van der Waals surface area contributed by atoms with E-state index in [2.05, 4.69) is 33.6 Å². The van der Waals surface area contributed by atoms with E-state index in [-0.39, 0.29) is 47.2 Å². The van der Waals surface area contributed by atoms with Crippen LogP contribution in [-0.2, 0) is 19.4 Å².